The molecule has 178 valence electrons. The molecule has 0 atom stereocenters. The molecule has 3 heterocycles. The molecule has 0 unspecified atom stereocenters. The van der Waals surface area contributed by atoms with Gasteiger partial charge in [0.2, 0.25) is 5.88 Å². The zero-order valence-corrected chi connectivity index (χ0v) is 19.6. The number of benzene rings is 2. The van der Waals surface area contributed by atoms with E-state index in [2.05, 4.69) is 15.0 Å². The van der Waals surface area contributed by atoms with E-state index < -0.39 is 0 Å². The Labute approximate surface area is 204 Å². The van der Waals surface area contributed by atoms with Crippen LogP contribution in [0.5, 0.6) is 17.4 Å². The van der Waals surface area contributed by atoms with Gasteiger partial charge in [0, 0.05) is 55.9 Å². The minimum atomic E-state index is 0.0561. The van der Waals surface area contributed by atoms with E-state index in [1.807, 2.05) is 64.2 Å². The summed E-state index contributed by atoms with van der Waals surface area (Å²) in [5.41, 5.74) is 2.59. The molecule has 1 fully saturated rings. The van der Waals surface area contributed by atoms with Crippen LogP contribution < -0.4 is 9.47 Å². The minimum absolute atomic E-state index is 0.0561. The van der Waals surface area contributed by atoms with Crippen LogP contribution in [0.4, 0.5) is 0 Å². The van der Waals surface area contributed by atoms with Crippen LogP contribution in [0.3, 0.4) is 0 Å². The Morgan fingerprint density at radius 3 is 2.57 bits per heavy atom. The van der Waals surface area contributed by atoms with Gasteiger partial charge in [0.1, 0.15) is 5.69 Å². The van der Waals surface area contributed by atoms with Gasteiger partial charge in [-0.15, -0.1) is 0 Å². The third-order valence-electron chi connectivity index (χ3n) is 6.23. The van der Waals surface area contributed by atoms with Gasteiger partial charge in [-0.05, 0) is 42.7 Å². The maximum Gasteiger partial charge on any atom is 0.253 e. The fraction of sp³-hybridized carbons (Fsp3) is 0.259. The number of para-hydroxylation sites is 2. The first-order chi connectivity index (χ1) is 17.2. The average molecular weight is 470 g/mol. The highest BCUT2D eigenvalue weighted by molar-refractivity contribution is 5.94. The van der Waals surface area contributed by atoms with Crippen molar-refractivity contribution in [3.05, 3.63) is 96.5 Å². The van der Waals surface area contributed by atoms with Crippen LogP contribution in [0.25, 0.3) is 0 Å². The fourth-order valence-electron chi connectivity index (χ4n) is 4.43. The first kappa shape index (κ1) is 22.6. The number of likely N-dealkylation sites (tertiary alicyclic amines) is 1. The van der Waals surface area contributed by atoms with Crippen LogP contribution in [0.2, 0.25) is 0 Å². The average Bonchev–Trinajstić information content (AvgIpc) is 3.42. The van der Waals surface area contributed by atoms with Crippen LogP contribution in [0.1, 0.15) is 40.4 Å². The molecular weight excluding hydrogens is 442 g/mol. The number of hydrogen-bond donors (Lipinski definition) is 0. The Hall–Kier alpha value is -4.20. The van der Waals surface area contributed by atoms with Gasteiger partial charge in [0.05, 0.1) is 13.4 Å². The second kappa shape index (κ2) is 10.4. The van der Waals surface area contributed by atoms with E-state index in [9.17, 15) is 4.79 Å². The predicted molar refractivity (Wildman–Crippen MR) is 131 cm³/mol. The molecule has 2 aromatic carbocycles. The topological polar surface area (TPSA) is 82.4 Å². The van der Waals surface area contributed by atoms with Gasteiger partial charge in [-0.25, -0.2) is 9.97 Å². The van der Waals surface area contributed by atoms with Crippen LogP contribution >= 0.6 is 0 Å². The summed E-state index contributed by atoms with van der Waals surface area (Å²) in [4.78, 5) is 28.2. The summed E-state index contributed by atoms with van der Waals surface area (Å²) in [5, 5.41) is 0. The van der Waals surface area contributed by atoms with Crippen molar-refractivity contribution in [1.29, 1.82) is 0 Å². The first-order valence-corrected chi connectivity index (χ1v) is 11.7. The van der Waals surface area contributed by atoms with E-state index in [1.54, 1.807) is 32.0 Å². The van der Waals surface area contributed by atoms with E-state index in [4.69, 9.17) is 9.47 Å². The lowest BCUT2D eigenvalue weighted by Gasteiger charge is -2.32. The van der Waals surface area contributed by atoms with Crippen LogP contribution in [-0.4, -0.2) is 50.5 Å². The number of hydrogen-bond acceptors (Lipinski definition) is 6. The lowest BCUT2D eigenvalue weighted by molar-refractivity contribution is 0.0711. The number of piperidine rings is 1. The third kappa shape index (κ3) is 5.16. The summed E-state index contributed by atoms with van der Waals surface area (Å²) < 4.78 is 13.5. The molecule has 1 aliphatic heterocycles. The number of carbonyl (C=O) groups is 1. The van der Waals surface area contributed by atoms with E-state index in [1.165, 1.54) is 0 Å². The largest absolute Gasteiger partial charge is 0.493 e. The smallest absolute Gasteiger partial charge is 0.253 e. The molecule has 5 rings (SSSR count). The number of rotatable bonds is 7. The number of carbonyl (C=O) groups excluding carboxylic acids is 1. The number of aromatic nitrogens is 4. The molecule has 0 N–H and O–H groups in total. The lowest BCUT2D eigenvalue weighted by Crippen LogP contribution is -2.38. The second-order valence-corrected chi connectivity index (χ2v) is 8.50. The summed E-state index contributed by atoms with van der Waals surface area (Å²) in [6, 6.07) is 15.3. The maximum absolute atomic E-state index is 13.2. The molecule has 2 aromatic heterocycles. The Morgan fingerprint density at radius 1 is 1.00 bits per heavy atom. The van der Waals surface area contributed by atoms with E-state index >= 15 is 0 Å². The molecule has 4 aromatic rings. The third-order valence-corrected chi connectivity index (χ3v) is 6.23. The summed E-state index contributed by atoms with van der Waals surface area (Å²) in [7, 11) is 1.61. The van der Waals surface area contributed by atoms with Crippen molar-refractivity contribution >= 4 is 5.91 Å². The molecule has 0 radical (unpaired) electrons. The molecule has 0 aliphatic carbocycles. The van der Waals surface area contributed by atoms with E-state index in [0.29, 0.717) is 42.6 Å². The predicted octanol–water partition coefficient (Wildman–Crippen LogP) is 4.54. The molecule has 0 bridgehead atoms. The number of nitrogens with zero attached hydrogens (tertiary/aromatic N) is 5. The summed E-state index contributed by atoms with van der Waals surface area (Å²) in [6.07, 6.45) is 10.3. The van der Waals surface area contributed by atoms with Gasteiger partial charge < -0.3 is 18.9 Å². The van der Waals surface area contributed by atoms with Crippen molar-refractivity contribution < 1.29 is 14.3 Å². The second-order valence-electron chi connectivity index (χ2n) is 8.50. The highest BCUT2D eigenvalue weighted by atomic mass is 16.5. The number of amides is 1. The molecule has 8 heteroatoms. The molecular formula is C27H27N5O3. The zero-order valence-electron chi connectivity index (χ0n) is 19.6. The molecule has 0 saturated carbocycles. The van der Waals surface area contributed by atoms with Gasteiger partial charge in [-0.2, -0.15) is 0 Å². The van der Waals surface area contributed by atoms with Crippen LogP contribution in [0, 0.1) is 0 Å². The Bertz CT molecular complexity index is 1280. The number of imidazole rings is 1. The number of methoxy groups -OCH3 is 1. The molecule has 8 nitrogen and oxygen atoms in total. The van der Waals surface area contributed by atoms with Crippen molar-refractivity contribution in [2.24, 2.45) is 0 Å². The molecule has 1 amide bonds. The van der Waals surface area contributed by atoms with Crippen molar-refractivity contribution in [1.82, 2.24) is 24.4 Å². The van der Waals surface area contributed by atoms with Gasteiger partial charge in [-0.1, -0.05) is 24.3 Å². The summed E-state index contributed by atoms with van der Waals surface area (Å²) in [6.45, 7) is 1.99. The Balaban J connectivity index is 1.25. The van der Waals surface area contributed by atoms with E-state index in [-0.39, 0.29) is 11.8 Å². The minimum Gasteiger partial charge on any atom is -0.493 e. The van der Waals surface area contributed by atoms with Gasteiger partial charge in [-0.3, -0.25) is 9.78 Å². The van der Waals surface area contributed by atoms with Crippen molar-refractivity contribution in [3.8, 4) is 17.4 Å². The van der Waals surface area contributed by atoms with Crippen molar-refractivity contribution in [2.75, 3.05) is 20.2 Å². The monoisotopic (exact) mass is 469 g/mol. The van der Waals surface area contributed by atoms with Crippen LogP contribution in [0.15, 0.2) is 79.6 Å². The quantitative estimate of drug-likeness (QED) is 0.395. The maximum atomic E-state index is 13.2. The molecule has 1 saturated heterocycles. The van der Waals surface area contributed by atoms with Crippen molar-refractivity contribution in [2.45, 2.75) is 25.3 Å². The normalized spacial score (nSPS) is 14.0. The Kier molecular flexibility index (Phi) is 6.70. The number of ether oxygens (including phenoxy) is 2. The highest BCUT2D eigenvalue weighted by Gasteiger charge is 2.28. The Morgan fingerprint density at radius 2 is 1.80 bits per heavy atom. The zero-order chi connectivity index (χ0) is 24.0. The highest BCUT2D eigenvalue weighted by Crippen LogP contribution is 2.36. The first-order valence-electron chi connectivity index (χ1n) is 11.7. The lowest BCUT2D eigenvalue weighted by atomic mass is 9.93. The van der Waals surface area contributed by atoms with Gasteiger partial charge >= 0.3 is 0 Å². The molecule has 1 aliphatic rings. The summed E-state index contributed by atoms with van der Waals surface area (Å²) in [5.74, 6) is 1.93. The molecule has 0 spiro atoms. The molecule has 35 heavy (non-hydrogen) atoms. The van der Waals surface area contributed by atoms with E-state index in [0.717, 1.165) is 24.1 Å². The van der Waals surface area contributed by atoms with Gasteiger partial charge in [0.15, 0.2) is 11.5 Å². The summed E-state index contributed by atoms with van der Waals surface area (Å²) >= 11 is 0. The fourth-order valence-corrected chi connectivity index (χ4v) is 4.43. The van der Waals surface area contributed by atoms with Gasteiger partial charge in [0.25, 0.3) is 5.91 Å². The SMILES string of the molecule is COc1ccccc1Oc1nccnc1C1CCN(C(=O)c2cccc(Cn3ccnc3)c2)CC1. The van der Waals surface area contributed by atoms with Crippen LogP contribution in [-0.2, 0) is 6.54 Å². The van der Waals surface area contributed by atoms with Crippen molar-refractivity contribution in [3.63, 3.8) is 0 Å². The standard InChI is InChI=1S/C27H27N5O3/c1-34-23-7-2-3-8-24(23)35-26-25(29-11-12-30-26)21-9-14-32(15-10-21)27(33)22-6-4-5-20(17-22)18-31-16-13-28-19-31/h2-8,11-13,16-17,19,21H,9-10,14-15,18H2,1H3.